The first-order valence-corrected chi connectivity index (χ1v) is 7.30. The Kier molecular flexibility index (Phi) is 4.60. The summed E-state index contributed by atoms with van der Waals surface area (Å²) in [5, 5.41) is 2.75. The summed E-state index contributed by atoms with van der Waals surface area (Å²) in [7, 11) is 0. The van der Waals surface area contributed by atoms with Crippen LogP contribution in [0, 0.1) is 11.7 Å². The number of carbonyl (C=O) groups excluding carboxylic acids is 2. The van der Waals surface area contributed by atoms with Crippen molar-refractivity contribution in [1.29, 1.82) is 0 Å². The van der Waals surface area contributed by atoms with Crippen LogP contribution in [0.5, 0.6) is 0 Å². The van der Waals surface area contributed by atoms with Crippen LogP contribution < -0.4 is 5.32 Å². The van der Waals surface area contributed by atoms with E-state index in [0.29, 0.717) is 12.0 Å². The summed E-state index contributed by atoms with van der Waals surface area (Å²) in [5.74, 6) is -0.683. The highest BCUT2D eigenvalue weighted by atomic mass is 19.1. The molecule has 4 nitrogen and oxygen atoms in total. The Balaban J connectivity index is 2.32. The number of nitrogens with one attached hydrogen (secondary N) is 1. The molecule has 2 amide bonds. The van der Waals surface area contributed by atoms with Crippen LogP contribution >= 0.6 is 0 Å². The highest BCUT2D eigenvalue weighted by molar-refractivity contribution is 5.97. The number of rotatable bonds is 4. The maximum Gasteiger partial charge on any atom is 0.246 e. The number of piperazine rings is 1. The monoisotopic (exact) mass is 292 g/mol. The summed E-state index contributed by atoms with van der Waals surface area (Å²) in [6, 6.07) is 5.28. The van der Waals surface area contributed by atoms with Gasteiger partial charge in [-0.2, -0.15) is 0 Å². The predicted molar refractivity (Wildman–Crippen MR) is 77.8 cm³/mol. The first-order chi connectivity index (χ1) is 9.95. The van der Waals surface area contributed by atoms with Crippen LogP contribution in [0.4, 0.5) is 4.39 Å². The molecule has 5 heteroatoms. The van der Waals surface area contributed by atoms with Crippen molar-refractivity contribution >= 4 is 11.8 Å². The lowest BCUT2D eigenvalue weighted by molar-refractivity contribution is -0.152. The zero-order chi connectivity index (χ0) is 15.6. The Morgan fingerprint density at radius 2 is 1.95 bits per heavy atom. The number of nitrogens with zero attached hydrogens (tertiary/aromatic N) is 1. The van der Waals surface area contributed by atoms with Gasteiger partial charge in [0.15, 0.2) is 0 Å². The Morgan fingerprint density at radius 3 is 2.52 bits per heavy atom. The maximum absolute atomic E-state index is 13.8. The van der Waals surface area contributed by atoms with Crippen molar-refractivity contribution in [3.63, 3.8) is 0 Å². The van der Waals surface area contributed by atoms with Gasteiger partial charge in [-0.15, -0.1) is 0 Å². The molecule has 0 aliphatic carbocycles. The predicted octanol–water partition coefficient (Wildman–Crippen LogP) is 2.09. The molecule has 1 fully saturated rings. The lowest BCUT2D eigenvalue weighted by atomic mass is 9.95. The fraction of sp³-hybridized carbons (Fsp3) is 0.500. The van der Waals surface area contributed by atoms with Gasteiger partial charge in [0.05, 0.1) is 0 Å². The molecule has 1 aliphatic rings. The fourth-order valence-corrected chi connectivity index (χ4v) is 2.72. The largest absolute Gasteiger partial charge is 0.343 e. The van der Waals surface area contributed by atoms with Crippen LogP contribution in [0.1, 0.15) is 32.8 Å². The van der Waals surface area contributed by atoms with E-state index in [1.807, 2.05) is 20.8 Å². The second kappa shape index (κ2) is 6.24. The molecule has 0 radical (unpaired) electrons. The second-order valence-corrected chi connectivity index (χ2v) is 5.72. The number of hydrogen-bond acceptors (Lipinski definition) is 2. The van der Waals surface area contributed by atoms with Gasteiger partial charge in [-0.05, 0) is 18.4 Å². The van der Waals surface area contributed by atoms with Gasteiger partial charge >= 0.3 is 0 Å². The van der Waals surface area contributed by atoms with Gasteiger partial charge in [0.1, 0.15) is 17.9 Å². The molecular formula is C16H21FN2O2. The van der Waals surface area contributed by atoms with Crippen molar-refractivity contribution in [3.05, 3.63) is 35.6 Å². The molecule has 2 unspecified atom stereocenters. The molecule has 21 heavy (non-hydrogen) atoms. The molecule has 2 rings (SSSR count). The molecule has 0 saturated carbocycles. The van der Waals surface area contributed by atoms with E-state index in [9.17, 15) is 14.0 Å². The average molecular weight is 292 g/mol. The van der Waals surface area contributed by atoms with Gasteiger partial charge < -0.3 is 10.2 Å². The molecule has 1 N–H and O–H groups in total. The number of amides is 2. The Bertz CT molecular complexity index is 545. The molecule has 0 aromatic heterocycles. The van der Waals surface area contributed by atoms with Crippen molar-refractivity contribution in [1.82, 2.24) is 10.2 Å². The molecule has 1 heterocycles. The Hall–Kier alpha value is -1.91. The normalized spacial score (nSPS) is 22.6. The summed E-state index contributed by atoms with van der Waals surface area (Å²) in [4.78, 5) is 26.3. The van der Waals surface area contributed by atoms with Crippen molar-refractivity contribution in [3.8, 4) is 0 Å². The van der Waals surface area contributed by atoms with Crippen LogP contribution in [0.25, 0.3) is 0 Å². The van der Waals surface area contributed by atoms with E-state index in [-0.39, 0.29) is 30.1 Å². The minimum absolute atomic E-state index is 0.0291. The van der Waals surface area contributed by atoms with Crippen LogP contribution in [0.2, 0.25) is 0 Å². The third kappa shape index (κ3) is 3.06. The summed E-state index contributed by atoms with van der Waals surface area (Å²) in [5.41, 5.74) is 0.432. The molecule has 1 saturated heterocycles. The van der Waals surface area contributed by atoms with E-state index in [4.69, 9.17) is 0 Å². The van der Waals surface area contributed by atoms with E-state index in [1.54, 1.807) is 18.2 Å². The van der Waals surface area contributed by atoms with Crippen LogP contribution in [-0.2, 0) is 16.1 Å². The SMILES string of the molecule is CCC1NC(=O)C(C(C)C)N(Cc2ccccc2F)C1=O. The van der Waals surface area contributed by atoms with Crippen molar-refractivity contribution in [2.75, 3.05) is 0 Å². The molecular weight excluding hydrogens is 271 g/mol. The zero-order valence-electron chi connectivity index (χ0n) is 12.6. The highest BCUT2D eigenvalue weighted by Gasteiger charge is 2.41. The number of benzene rings is 1. The van der Waals surface area contributed by atoms with E-state index in [0.717, 1.165) is 0 Å². The second-order valence-electron chi connectivity index (χ2n) is 5.72. The lowest BCUT2D eigenvalue weighted by Crippen LogP contribution is -2.64. The molecule has 0 bridgehead atoms. The van der Waals surface area contributed by atoms with E-state index in [1.165, 1.54) is 11.0 Å². The molecule has 2 atom stereocenters. The molecule has 1 aromatic carbocycles. The number of hydrogen-bond donors (Lipinski definition) is 1. The van der Waals surface area contributed by atoms with Gasteiger partial charge in [-0.3, -0.25) is 9.59 Å². The van der Waals surface area contributed by atoms with Crippen LogP contribution in [-0.4, -0.2) is 28.8 Å². The van der Waals surface area contributed by atoms with Gasteiger partial charge in [0, 0.05) is 12.1 Å². The topological polar surface area (TPSA) is 49.4 Å². The van der Waals surface area contributed by atoms with Crippen molar-refractivity contribution in [2.24, 2.45) is 5.92 Å². The fourth-order valence-electron chi connectivity index (χ4n) is 2.72. The quantitative estimate of drug-likeness (QED) is 0.924. The van der Waals surface area contributed by atoms with Crippen molar-refractivity contribution in [2.45, 2.75) is 45.8 Å². The first kappa shape index (κ1) is 15.5. The third-order valence-electron chi connectivity index (χ3n) is 3.84. The molecule has 114 valence electrons. The minimum atomic E-state index is -0.556. The standard InChI is InChI=1S/C16H21FN2O2/c1-4-13-16(21)19(14(10(2)3)15(20)18-13)9-11-7-5-6-8-12(11)17/h5-8,10,13-14H,4,9H2,1-3H3,(H,18,20). The molecule has 1 aliphatic heterocycles. The smallest absolute Gasteiger partial charge is 0.246 e. The van der Waals surface area contributed by atoms with E-state index >= 15 is 0 Å². The third-order valence-corrected chi connectivity index (χ3v) is 3.84. The van der Waals surface area contributed by atoms with Gasteiger partial charge in [-0.1, -0.05) is 39.0 Å². The summed E-state index contributed by atoms with van der Waals surface area (Å²) >= 11 is 0. The zero-order valence-corrected chi connectivity index (χ0v) is 12.6. The summed E-state index contributed by atoms with van der Waals surface area (Å²) in [6.07, 6.45) is 0.531. The minimum Gasteiger partial charge on any atom is -0.343 e. The lowest BCUT2D eigenvalue weighted by Gasteiger charge is -2.40. The first-order valence-electron chi connectivity index (χ1n) is 7.30. The highest BCUT2D eigenvalue weighted by Crippen LogP contribution is 2.22. The van der Waals surface area contributed by atoms with Crippen molar-refractivity contribution < 1.29 is 14.0 Å². The Morgan fingerprint density at radius 1 is 1.29 bits per heavy atom. The average Bonchev–Trinajstić information content (AvgIpc) is 2.44. The Labute approximate surface area is 124 Å². The van der Waals surface area contributed by atoms with Crippen LogP contribution in [0.15, 0.2) is 24.3 Å². The maximum atomic E-state index is 13.8. The van der Waals surface area contributed by atoms with Gasteiger partial charge in [0.25, 0.3) is 0 Å². The van der Waals surface area contributed by atoms with Crippen LogP contribution in [0.3, 0.4) is 0 Å². The van der Waals surface area contributed by atoms with E-state index in [2.05, 4.69) is 5.32 Å². The van der Waals surface area contributed by atoms with Gasteiger partial charge in [0.2, 0.25) is 11.8 Å². The molecule has 0 spiro atoms. The van der Waals surface area contributed by atoms with E-state index < -0.39 is 12.1 Å². The summed E-state index contributed by atoms with van der Waals surface area (Å²) in [6.45, 7) is 5.74. The molecule has 1 aromatic rings. The number of halogens is 1. The van der Waals surface area contributed by atoms with Gasteiger partial charge in [-0.25, -0.2) is 4.39 Å². The summed E-state index contributed by atoms with van der Waals surface area (Å²) < 4.78 is 13.8. The number of carbonyl (C=O) groups is 2.